The molecule has 0 aromatic heterocycles. The van der Waals surface area contributed by atoms with Crippen LogP contribution in [0.25, 0.3) is 0 Å². The first kappa shape index (κ1) is 20.8. The zero-order valence-corrected chi connectivity index (χ0v) is 16.4. The summed E-state index contributed by atoms with van der Waals surface area (Å²) in [5, 5.41) is 3.51. The lowest BCUT2D eigenvalue weighted by molar-refractivity contribution is 0.124. The Balaban J connectivity index is 0.00000132. The zero-order chi connectivity index (χ0) is 14.8. The van der Waals surface area contributed by atoms with Gasteiger partial charge in [-0.25, -0.2) is 0 Å². The van der Waals surface area contributed by atoms with Crippen molar-refractivity contribution in [1.82, 2.24) is 10.2 Å². The van der Waals surface area contributed by atoms with Crippen LogP contribution in [0.4, 0.5) is 0 Å². The van der Waals surface area contributed by atoms with Gasteiger partial charge < -0.3 is 5.32 Å². The van der Waals surface area contributed by atoms with Crippen LogP contribution in [0.3, 0.4) is 0 Å². The summed E-state index contributed by atoms with van der Waals surface area (Å²) in [5.74, 6) is 0.864. The molecular weight excluding hydrogens is 327 g/mol. The van der Waals surface area contributed by atoms with Crippen molar-refractivity contribution in [3.63, 3.8) is 0 Å². The minimum Gasteiger partial charge on any atom is -0.314 e. The van der Waals surface area contributed by atoms with Gasteiger partial charge >= 0.3 is 0 Å². The van der Waals surface area contributed by atoms with Crippen molar-refractivity contribution >= 4 is 24.8 Å². The van der Waals surface area contributed by atoms with Crippen molar-refractivity contribution in [2.75, 3.05) is 26.2 Å². The summed E-state index contributed by atoms with van der Waals surface area (Å²) in [6, 6.07) is 5.41. The molecule has 3 rings (SSSR count). The maximum absolute atomic E-state index is 3.51. The summed E-state index contributed by atoms with van der Waals surface area (Å²) in [7, 11) is 0. The smallest absolute Gasteiger partial charge is 0.0382 e. The first-order chi connectivity index (χ1) is 10.2. The number of halogens is 2. The molecule has 1 aliphatic carbocycles. The van der Waals surface area contributed by atoms with Gasteiger partial charge in [0, 0.05) is 32.2 Å². The molecule has 4 heteroatoms. The molecule has 1 N–H and O–H groups in total. The highest BCUT2D eigenvalue weighted by atomic mass is 35.5. The summed E-state index contributed by atoms with van der Waals surface area (Å²) in [6.07, 6.45) is 5.69. The second-order valence-corrected chi connectivity index (χ2v) is 7.09. The normalized spacial score (nSPS) is 20.7. The Bertz CT molecular complexity index is 469. The van der Waals surface area contributed by atoms with Gasteiger partial charge in [0.05, 0.1) is 0 Å². The lowest BCUT2D eigenvalue weighted by Gasteiger charge is -2.40. The lowest BCUT2D eigenvalue weighted by Crippen LogP contribution is -2.47. The van der Waals surface area contributed by atoms with Crippen LogP contribution in [0.5, 0.6) is 0 Å². The van der Waals surface area contributed by atoms with Gasteiger partial charge in [-0.2, -0.15) is 0 Å². The Hall–Kier alpha value is -0.280. The largest absolute Gasteiger partial charge is 0.314 e. The summed E-state index contributed by atoms with van der Waals surface area (Å²) in [4.78, 5) is 2.76. The maximum Gasteiger partial charge on any atom is 0.0382 e. The molecule has 132 valence electrons. The van der Waals surface area contributed by atoms with E-state index in [4.69, 9.17) is 0 Å². The van der Waals surface area contributed by atoms with Crippen LogP contribution in [0, 0.1) is 26.7 Å². The Morgan fingerprint density at radius 3 is 2.00 bits per heavy atom. The van der Waals surface area contributed by atoms with E-state index in [0.29, 0.717) is 6.04 Å². The predicted octanol–water partition coefficient (Wildman–Crippen LogP) is 4.59. The summed E-state index contributed by atoms with van der Waals surface area (Å²) in [5.41, 5.74) is 6.04. The van der Waals surface area contributed by atoms with Crippen molar-refractivity contribution in [2.45, 2.75) is 52.5 Å². The van der Waals surface area contributed by atoms with Crippen molar-refractivity contribution in [1.29, 1.82) is 0 Å². The second-order valence-electron chi connectivity index (χ2n) is 7.09. The van der Waals surface area contributed by atoms with Gasteiger partial charge in [0.25, 0.3) is 0 Å². The van der Waals surface area contributed by atoms with Crippen LogP contribution < -0.4 is 5.32 Å². The van der Waals surface area contributed by atoms with E-state index < -0.39 is 0 Å². The molecule has 1 aromatic rings. The van der Waals surface area contributed by atoms with Crippen LogP contribution in [0.2, 0.25) is 0 Å². The average molecular weight is 359 g/mol. The number of benzene rings is 1. The quantitative estimate of drug-likeness (QED) is 0.849. The van der Waals surface area contributed by atoms with Gasteiger partial charge in [-0.15, -0.1) is 24.8 Å². The Labute approximate surface area is 154 Å². The molecule has 0 spiro atoms. The minimum absolute atomic E-state index is 0. The van der Waals surface area contributed by atoms with E-state index in [2.05, 4.69) is 43.1 Å². The van der Waals surface area contributed by atoms with Crippen molar-refractivity contribution in [3.8, 4) is 0 Å². The highest BCUT2D eigenvalue weighted by Crippen LogP contribution is 2.42. The van der Waals surface area contributed by atoms with E-state index in [1.807, 2.05) is 0 Å². The van der Waals surface area contributed by atoms with Gasteiger partial charge in [-0.1, -0.05) is 30.5 Å². The molecule has 2 fully saturated rings. The average Bonchev–Trinajstić information content (AvgIpc) is 2.97. The lowest BCUT2D eigenvalue weighted by atomic mass is 9.84. The number of hydrogen-bond donors (Lipinski definition) is 1. The zero-order valence-electron chi connectivity index (χ0n) is 14.7. The molecule has 1 saturated heterocycles. The molecule has 0 unspecified atom stereocenters. The SMILES string of the molecule is Cc1cc(C)c([C@H](C2CCCC2)N2CCNCC2)c(C)c1.Cl.Cl. The topological polar surface area (TPSA) is 15.3 Å². The number of hydrogen-bond acceptors (Lipinski definition) is 2. The third kappa shape index (κ3) is 4.63. The molecule has 1 atom stereocenters. The number of aryl methyl sites for hydroxylation is 3. The van der Waals surface area contributed by atoms with Gasteiger partial charge in [-0.05, 0) is 56.2 Å². The minimum atomic E-state index is 0. The van der Waals surface area contributed by atoms with E-state index in [0.717, 1.165) is 19.0 Å². The third-order valence-corrected chi connectivity index (χ3v) is 5.43. The van der Waals surface area contributed by atoms with E-state index in [1.54, 1.807) is 5.56 Å². The second kappa shape index (κ2) is 9.27. The number of nitrogens with zero attached hydrogens (tertiary/aromatic N) is 1. The van der Waals surface area contributed by atoms with Crippen molar-refractivity contribution in [2.24, 2.45) is 5.92 Å². The van der Waals surface area contributed by atoms with Gasteiger partial charge in [-0.3, -0.25) is 4.90 Å². The highest BCUT2D eigenvalue weighted by molar-refractivity contribution is 5.85. The van der Waals surface area contributed by atoms with E-state index in [-0.39, 0.29) is 24.8 Å². The van der Waals surface area contributed by atoms with Crippen molar-refractivity contribution < 1.29 is 0 Å². The van der Waals surface area contributed by atoms with Gasteiger partial charge in [0.1, 0.15) is 0 Å². The molecule has 0 bridgehead atoms. The Morgan fingerprint density at radius 1 is 0.957 bits per heavy atom. The highest BCUT2D eigenvalue weighted by Gasteiger charge is 2.33. The molecule has 1 aromatic carbocycles. The van der Waals surface area contributed by atoms with Crippen LogP contribution in [-0.2, 0) is 0 Å². The Kier molecular flexibility index (Phi) is 8.37. The van der Waals surface area contributed by atoms with E-state index in [1.165, 1.54) is 55.5 Å². The molecular formula is C19H32Cl2N2. The molecule has 1 aliphatic heterocycles. The molecule has 0 radical (unpaired) electrons. The first-order valence-electron chi connectivity index (χ1n) is 8.69. The molecule has 0 amide bonds. The predicted molar refractivity (Wildman–Crippen MR) is 104 cm³/mol. The van der Waals surface area contributed by atoms with Crippen LogP contribution >= 0.6 is 24.8 Å². The monoisotopic (exact) mass is 358 g/mol. The molecule has 2 nitrogen and oxygen atoms in total. The van der Waals surface area contributed by atoms with E-state index in [9.17, 15) is 0 Å². The number of rotatable bonds is 3. The van der Waals surface area contributed by atoms with Crippen LogP contribution in [0.15, 0.2) is 12.1 Å². The molecule has 23 heavy (non-hydrogen) atoms. The number of nitrogens with one attached hydrogen (secondary N) is 1. The maximum atomic E-state index is 3.51. The van der Waals surface area contributed by atoms with Crippen LogP contribution in [-0.4, -0.2) is 31.1 Å². The molecule has 1 saturated carbocycles. The summed E-state index contributed by atoms with van der Waals surface area (Å²) >= 11 is 0. The fourth-order valence-electron chi connectivity index (χ4n) is 4.61. The van der Waals surface area contributed by atoms with E-state index >= 15 is 0 Å². The standard InChI is InChI=1S/C19H30N2.2ClH/c1-14-12-15(2)18(16(3)13-14)19(17-6-4-5-7-17)21-10-8-20-9-11-21;;/h12-13,17,19-20H,4-11H2,1-3H3;2*1H/t19-;;/m0../s1. The first-order valence-corrected chi connectivity index (χ1v) is 8.69. The summed E-state index contributed by atoms with van der Waals surface area (Å²) in [6.45, 7) is 11.6. The molecule has 1 heterocycles. The van der Waals surface area contributed by atoms with Crippen molar-refractivity contribution in [3.05, 3.63) is 34.4 Å². The van der Waals surface area contributed by atoms with Gasteiger partial charge in [0.2, 0.25) is 0 Å². The van der Waals surface area contributed by atoms with Crippen LogP contribution in [0.1, 0.15) is 54.0 Å². The Morgan fingerprint density at radius 2 is 1.48 bits per heavy atom. The molecule has 2 aliphatic rings. The van der Waals surface area contributed by atoms with Gasteiger partial charge in [0.15, 0.2) is 0 Å². The third-order valence-electron chi connectivity index (χ3n) is 5.43. The fourth-order valence-corrected chi connectivity index (χ4v) is 4.61. The summed E-state index contributed by atoms with van der Waals surface area (Å²) < 4.78 is 0. The fraction of sp³-hybridized carbons (Fsp3) is 0.684. The number of piperazine rings is 1.